The normalized spacial score (nSPS) is 23.1. The van der Waals surface area contributed by atoms with Crippen molar-refractivity contribution in [2.75, 3.05) is 11.6 Å². The zero-order valence-corrected chi connectivity index (χ0v) is 12.2. The Balaban J connectivity index is 2.20. The van der Waals surface area contributed by atoms with Gasteiger partial charge < -0.3 is 5.32 Å². The van der Waals surface area contributed by atoms with Gasteiger partial charge in [0, 0.05) is 23.6 Å². The summed E-state index contributed by atoms with van der Waals surface area (Å²) in [7, 11) is 0. The Bertz CT molecular complexity index is 472. The van der Waals surface area contributed by atoms with Gasteiger partial charge in [0.1, 0.15) is 0 Å². The highest BCUT2D eigenvalue weighted by Gasteiger charge is 2.27. The minimum Gasteiger partial charge on any atom is -0.360 e. The summed E-state index contributed by atoms with van der Waals surface area (Å²) in [6.07, 6.45) is 8.05. The van der Waals surface area contributed by atoms with Crippen LogP contribution in [-0.4, -0.2) is 27.5 Å². The molecule has 1 heterocycles. The number of anilines is 1. The highest BCUT2D eigenvalue weighted by molar-refractivity contribution is 7.99. The average Bonchev–Trinajstić information content (AvgIpc) is 2.41. The van der Waals surface area contributed by atoms with Gasteiger partial charge in [-0.15, -0.1) is 0 Å². The van der Waals surface area contributed by atoms with E-state index in [1.54, 1.807) is 11.8 Å². The van der Waals surface area contributed by atoms with Crippen LogP contribution in [0.2, 0.25) is 5.02 Å². The first-order valence-electron chi connectivity index (χ1n) is 6.21. The third-order valence-corrected chi connectivity index (χ3v) is 4.73. The highest BCUT2D eigenvalue weighted by atomic mass is 35.5. The maximum absolute atomic E-state index is 11.0. The van der Waals surface area contributed by atoms with Gasteiger partial charge in [0.15, 0.2) is 0 Å². The lowest BCUT2D eigenvalue weighted by molar-refractivity contribution is -0.384. The lowest BCUT2D eigenvalue weighted by Gasteiger charge is -2.31. The van der Waals surface area contributed by atoms with Crippen LogP contribution in [0.1, 0.15) is 25.7 Å². The Kier molecular flexibility index (Phi) is 4.87. The van der Waals surface area contributed by atoms with Crippen LogP contribution in [0.3, 0.4) is 0 Å². The molecule has 0 aliphatic heterocycles. The largest absolute Gasteiger partial charge is 0.360 e. The monoisotopic (exact) mass is 301 g/mol. The van der Waals surface area contributed by atoms with Crippen molar-refractivity contribution >= 4 is 34.9 Å². The Morgan fingerprint density at radius 3 is 2.95 bits per heavy atom. The second kappa shape index (κ2) is 6.43. The molecule has 1 fully saturated rings. The number of nitrogens with zero attached hydrogens (tertiary/aromatic N) is 2. The lowest BCUT2D eigenvalue weighted by atomic mass is 9.95. The molecule has 5 nitrogen and oxygen atoms in total. The third-order valence-electron chi connectivity index (χ3n) is 3.36. The molecule has 2 rings (SSSR count). The summed E-state index contributed by atoms with van der Waals surface area (Å²) in [5.41, 5.74) is -0.0575. The molecule has 0 saturated heterocycles. The zero-order chi connectivity index (χ0) is 13.8. The van der Waals surface area contributed by atoms with Crippen molar-refractivity contribution in [1.82, 2.24) is 4.98 Å². The molecular weight excluding hydrogens is 286 g/mol. The van der Waals surface area contributed by atoms with E-state index in [4.69, 9.17) is 11.6 Å². The summed E-state index contributed by atoms with van der Waals surface area (Å²) in [6, 6.07) is 1.57. The van der Waals surface area contributed by atoms with E-state index in [0.717, 1.165) is 19.3 Å². The van der Waals surface area contributed by atoms with E-state index in [0.29, 0.717) is 11.1 Å². The first-order valence-corrected chi connectivity index (χ1v) is 7.87. The fourth-order valence-corrected chi connectivity index (χ4v) is 3.49. The number of nitro groups is 1. The van der Waals surface area contributed by atoms with E-state index in [9.17, 15) is 10.1 Å². The smallest absolute Gasteiger partial charge is 0.312 e. The predicted molar refractivity (Wildman–Crippen MR) is 79.1 cm³/mol. The molecule has 104 valence electrons. The molecular formula is C12H16ClN3O2S. The molecule has 0 amide bonds. The van der Waals surface area contributed by atoms with Crippen molar-refractivity contribution in [3.8, 4) is 0 Å². The number of rotatable bonds is 4. The van der Waals surface area contributed by atoms with Crippen molar-refractivity contribution in [2.24, 2.45) is 0 Å². The van der Waals surface area contributed by atoms with Gasteiger partial charge in [-0.3, -0.25) is 10.1 Å². The van der Waals surface area contributed by atoms with Gasteiger partial charge in [0.2, 0.25) is 5.82 Å². The van der Waals surface area contributed by atoms with Crippen LogP contribution < -0.4 is 5.32 Å². The van der Waals surface area contributed by atoms with Crippen molar-refractivity contribution < 1.29 is 4.92 Å². The highest BCUT2D eigenvalue weighted by Crippen LogP contribution is 2.32. The van der Waals surface area contributed by atoms with Crippen LogP contribution in [-0.2, 0) is 0 Å². The first-order chi connectivity index (χ1) is 9.11. The summed E-state index contributed by atoms with van der Waals surface area (Å²) in [5, 5.41) is 15.0. The van der Waals surface area contributed by atoms with E-state index < -0.39 is 4.92 Å². The summed E-state index contributed by atoms with van der Waals surface area (Å²) < 4.78 is 0. The van der Waals surface area contributed by atoms with Crippen LogP contribution in [0.5, 0.6) is 0 Å². The molecule has 7 heteroatoms. The number of pyridine rings is 1. The van der Waals surface area contributed by atoms with Crippen LogP contribution in [0.25, 0.3) is 0 Å². The van der Waals surface area contributed by atoms with Crippen LogP contribution in [0.4, 0.5) is 11.5 Å². The van der Waals surface area contributed by atoms with Crippen molar-refractivity contribution in [3.05, 3.63) is 27.4 Å². The van der Waals surface area contributed by atoms with Crippen LogP contribution in [0, 0.1) is 10.1 Å². The van der Waals surface area contributed by atoms with Gasteiger partial charge in [-0.25, -0.2) is 4.98 Å². The molecule has 1 aliphatic carbocycles. The summed E-state index contributed by atoms with van der Waals surface area (Å²) in [4.78, 5) is 14.7. The van der Waals surface area contributed by atoms with Crippen molar-refractivity contribution in [3.63, 3.8) is 0 Å². The number of nitrogens with one attached hydrogen (secondary N) is 1. The zero-order valence-electron chi connectivity index (χ0n) is 10.6. The fraction of sp³-hybridized carbons (Fsp3) is 0.583. The number of hydrogen-bond donors (Lipinski definition) is 1. The van der Waals surface area contributed by atoms with E-state index in [1.165, 1.54) is 18.7 Å². The average molecular weight is 302 g/mol. The molecule has 1 N–H and O–H groups in total. The standard InChI is InChI=1S/C12H16ClN3O2S/c1-19-11-5-3-2-4-9(11)15-12-10(16(17)18)6-8(13)7-14-12/h6-7,9,11H,2-5H2,1H3,(H,14,15). The Labute approximate surface area is 121 Å². The van der Waals surface area contributed by atoms with Crippen molar-refractivity contribution in [2.45, 2.75) is 37.0 Å². The quantitative estimate of drug-likeness (QED) is 0.678. The number of aromatic nitrogens is 1. The molecule has 1 aromatic rings. The first kappa shape index (κ1) is 14.4. The maximum atomic E-state index is 11.0. The minimum absolute atomic E-state index is 0.0575. The topological polar surface area (TPSA) is 68.1 Å². The molecule has 1 aliphatic rings. The summed E-state index contributed by atoms with van der Waals surface area (Å²) in [6.45, 7) is 0. The third kappa shape index (κ3) is 3.51. The second-order valence-electron chi connectivity index (χ2n) is 4.59. The number of halogens is 1. The second-order valence-corrected chi connectivity index (χ2v) is 6.10. The Hall–Kier alpha value is -1.01. The van der Waals surface area contributed by atoms with Crippen molar-refractivity contribution in [1.29, 1.82) is 0 Å². The molecule has 1 aromatic heterocycles. The number of hydrogen-bond acceptors (Lipinski definition) is 5. The SMILES string of the molecule is CSC1CCCCC1Nc1ncc(Cl)cc1[N+](=O)[O-]. The molecule has 19 heavy (non-hydrogen) atoms. The van der Waals surface area contributed by atoms with Gasteiger partial charge in [-0.05, 0) is 19.1 Å². The molecule has 0 bridgehead atoms. The molecule has 1 saturated carbocycles. The number of thioether (sulfide) groups is 1. The predicted octanol–water partition coefficient (Wildman–Crippen LogP) is 3.73. The van der Waals surface area contributed by atoms with Gasteiger partial charge in [0.05, 0.1) is 9.95 Å². The molecule has 0 radical (unpaired) electrons. The van der Waals surface area contributed by atoms with Gasteiger partial charge in [-0.1, -0.05) is 24.4 Å². The Morgan fingerprint density at radius 2 is 2.26 bits per heavy atom. The molecule has 2 unspecified atom stereocenters. The molecule has 0 spiro atoms. The fourth-order valence-electron chi connectivity index (χ4n) is 2.40. The summed E-state index contributed by atoms with van der Waals surface area (Å²) in [5.74, 6) is 0.320. The van der Waals surface area contributed by atoms with Crippen LogP contribution in [0.15, 0.2) is 12.3 Å². The molecule has 2 atom stereocenters. The Morgan fingerprint density at radius 1 is 1.53 bits per heavy atom. The van der Waals surface area contributed by atoms with Crippen LogP contribution >= 0.6 is 23.4 Å². The lowest BCUT2D eigenvalue weighted by Crippen LogP contribution is -2.34. The minimum atomic E-state index is -0.446. The van der Waals surface area contributed by atoms with E-state index >= 15 is 0 Å². The van der Waals surface area contributed by atoms with Gasteiger partial charge in [0.25, 0.3) is 0 Å². The van der Waals surface area contributed by atoms with Gasteiger partial charge in [-0.2, -0.15) is 11.8 Å². The maximum Gasteiger partial charge on any atom is 0.312 e. The van der Waals surface area contributed by atoms with E-state index in [-0.39, 0.29) is 16.8 Å². The molecule has 0 aromatic carbocycles. The summed E-state index contributed by atoms with van der Waals surface area (Å²) >= 11 is 7.57. The van der Waals surface area contributed by atoms with E-state index in [1.807, 2.05) is 0 Å². The van der Waals surface area contributed by atoms with E-state index in [2.05, 4.69) is 16.6 Å². The van der Waals surface area contributed by atoms with Gasteiger partial charge >= 0.3 is 5.69 Å².